The molecule has 3 N–H and O–H groups in total. The van der Waals surface area contributed by atoms with E-state index in [1.54, 1.807) is 13.2 Å². The zero-order valence-electron chi connectivity index (χ0n) is 24.0. The third-order valence-electron chi connectivity index (χ3n) is 6.92. The van der Waals surface area contributed by atoms with Gasteiger partial charge in [-0.25, -0.2) is 9.78 Å². The second-order valence-corrected chi connectivity index (χ2v) is 10.1. The maximum atomic E-state index is 12.9. The molecule has 2 amide bonds. The van der Waals surface area contributed by atoms with Gasteiger partial charge in [-0.15, -0.1) is 0 Å². The number of urea groups is 1. The summed E-state index contributed by atoms with van der Waals surface area (Å²) in [7, 11) is 1.58. The Bertz CT molecular complexity index is 1320. The molecule has 0 radical (unpaired) electrons. The van der Waals surface area contributed by atoms with Gasteiger partial charge >= 0.3 is 6.03 Å². The zero-order chi connectivity index (χ0) is 28.5. The summed E-state index contributed by atoms with van der Waals surface area (Å²) in [6.07, 6.45) is 9.91. The van der Waals surface area contributed by atoms with Crippen molar-refractivity contribution in [2.24, 2.45) is 0 Å². The summed E-state index contributed by atoms with van der Waals surface area (Å²) < 4.78 is 11.7. The van der Waals surface area contributed by atoms with Gasteiger partial charge in [0.25, 0.3) is 0 Å². The number of ether oxygens (including phenoxy) is 2. The Kier molecular flexibility index (Phi) is 9.96. The molecule has 1 aromatic carbocycles. The Morgan fingerprint density at radius 3 is 2.73 bits per heavy atom. The van der Waals surface area contributed by atoms with Crippen LogP contribution in [0.4, 0.5) is 16.4 Å². The number of amides is 2. The van der Waals surface area contributed by atoms with Crippen molar-refractivity contribution in [3.8, 4) is 11.6 Å². The molecule has 1 saturated heterocycles. The molecule has 0 spiro atoms. The van der Waals surface area contributed by atoms with E-state index < -0.39 is 0 Å². The first kappa shape index (κ1) is 28.9. The van der Waals surface area contributed by atoms with Crippen molar-refractivity contribution in [3.05, 3.63) is 82.9 Å². The number of hydrogen-bond acceptors (Lipinski definition) is 7. The minimum atomic E-state index is -0.357. The number of nitrogens with one attached hydrogen (secondary N) is 3. The van der Waals surface area contributed by atoms with E-state index in [9.17, 15) is 4.79 Å². The SMILES string of the molecule is C=C/C(Oc1cc(C)nc(NCCN2CCCC2)n1)=C1/CCC=C/C1=C(/C)NC(=O)Nc1cc(C)ccc1OC. The molecular weight excluding hydrogens is 504 g/mol. The normalized spacial score (nSPS) is 17.7. The van der Waals surface area contributed by atoms with E-state index in [1.165, 1.54) is 12.8 Å². The third kappa shape index (κ3) is 7.72. The Balaban J connectivity index is 1.50. The summed E-state index contributed by atoms with van der Waals surface area (Å²) in [6, 6.07) is 7.09. The predicted octanol–water partition coefficient (Wildman–Crippen LogP) is 5.87. The Hall–Kier alpha value is -4.11. The van der Waals surface area contributed by atoms with Crippen molar-refractivity contribution in [3.63, 3.8) is 0 Å². The molecule has 1 aliphatic carbocycles. The van der Waals surface area contributed by atoms with Gasteiger partial charge < -0.3 is 30.3 Å². The predicted molar refractivity (Wildman–Crippen MR) is 160 cm³/mol. The van der Waals surface area contributed by atoms with Crippen LogP contribution in [0.5, 0.6) is 11.6 Å². The summed E-state index contributed by atoms with van der Waals surface area (Å²) in [6.45, 7) is 13.8. The number of anilines is 2. The van der Waals surface area contributed by atoms with Gasteiger partial charge in [0.1, 0.15) is 11.5 Å². The lowest BCUT2D eigenvalue weighted by Gasteiger charge is -2.20. The van der Waals surface area contributed by atoms with Gasteiger partial charge in [-0.05, 0) is 83.3 Å². The van der Waals surface area contributed by atoms with Crippen LogP contribution in [0, 0.1) is 13.8 Å². The van der Waals surface area contributed by atoms with Crippen LogP contribution in [0.2, 0.25) is 0 Å². The molecule has 2 aromatic rings. The number of nitrogens with zero attached hydrogens (tertiary/aromatic N) is 3. The van der Waals surface area contributed by atoms with Gasteiger partial charge in [0.15, 0.2) is 0 Å². The largest absolute Gasteiger partial charge is 0.495 e. The highest BCUT2D eigenvalue weighted by Crippen LogP contribution is 2.31. The highest BCUT2D eigenvalue weighted by molar-refractivity contribution is 5.92. The van der Waals surface area contributed by atoms with Gasteiger partial charge in [-0.1, -0.05) is 24.8 Å². The van der Waals surface area contributed by atoms with Crippen LogP contribution in [0.1, 0.15) is 43.9 Å². The van der Waals surface area contributed by atoms with E-state index in [-0.39, 0.29) is 6.03 Å². The first-order valence-electron chi connectivity index (χ1n) is 13.8. The Labute approximate surface area is 237 Å². The average molecular weight is 545 g/mol. The van der Waals surface area contributed by atoms with Crippen LogP contribution in [-0.2, 0) is 0 Å². The van der Waals surface area contributed by atoms with Crippen molar-refractivity contribution >= 4 is 17.7 Å². The van der Waals surface area contributed by atoms with Crippen LogP contribution in [0.15, 0.2) is 71.7 Å². The molecular formula is C31H40N6O3. The van der Waals surface area contributed by atoms with Crippen LogP contribution < -0.4 is 25.4 Å². The number of benzene rings is 1. The third-order valence-corrected chi connectivity index (χ3v) is 6.92. The van der Waals surface area contributed by atoms with E-state index in [4.69, 9.17) is 9.47 Å². The fourth-order valence-corrected chi connectivity index (χ4v) is 4.92. The van der Waals surface area contributed by atoms with E-state index >= 15 is 0 Å². The smallest absolute Gasteiger partial charge is 0.323 e. The van der Waals surface area contributed by atoms with Gasteiger partial charge in [0, 0.05) is 41.7 Å². The molecule has 0 unspecified atom stereocenters. The van der Waals surface area contributed by atoms with Crippen LogP contribution in [0.3, 0.4) is 0 Å². The number of allylic oxidation sites excluding steroid dienone is 6. The van der Waals surface area contributed by atoms with Crippen molar-refractivity contribution in [2.75, 3.05) is 43.9 Å². The summed E-state index contributed by atoms with van der Waals surface area (Å²) in [5.74, 6) is 2.18. The van der Waals surface area contributed by atoms with Crippen molar-refractivity contribution in [1.82, 2.24) is 20.2 Å². The second-order valence-electron chi connectivity index (χ2n) is 10.1. The number of aromatic nitrogens is 2. The Morgan fingerprint density at radius 1 is 1.18 bits per heavy atom. The number of methoxy groups -OCH3 is 1. The quantitative estimate of drug-likeness (QED) is 0.322. The minimum absolute atomic E-state index is 0.357. The molecule has 4 rings (SSSR count). The molecule has 9 nitrogen and oxygen atoms in total. The first-order chi connectivity index (χ1) is 19.4. The molecule has 40 heavy (non-hydrogen) atoms. The number of carbonyl (C=O) groups is 1. The maximum absolute atomic E-state index is 12.9. The van der Waals surface area contributed by atoms with E-state index in [0.29, 0.717) is 34.7 Å². The van der Waals surface area contributed by atoms with Gasteiger partial charge in [0.05, 0.1) is 12.8 Å². The van der Waals surface area contributed by atoms with Gasteiger partial charge in [-0.3, -0.25) is 0 Å². The molecule has 1 aliphatic heterocycles. The van der Waals surface area contributed by atoms with E-state index in [2.05, 4.69) is 43.5 Å². The lowest BCUT2D eigenvalue weighted by molar-refractivity contribution is 0.254. The number of aryl methyl sites for hydroxylation is 2. The first-order valence-corrected chi connectivity index (χ1v) is 13.8. The lowest BCUT2D eigenvalue weighted by atomic mass is 9.92. The number of likely N-dealkylation sites (tertiary alicyclic amines) is 1. The molecule has 2 heterocycles. The lowest BCUT2D eigenvalue weighted by Crippen LogP contribution is -2.28. The maximum Gasteiger partial charge on any atom is 0.323 e. The van der Waals surface area contributed by atoms with Gasteiger partial charge in [-0.2, -0.15) is 4.98 Å². The molecule has 212 valence electrons. The highest BCUT2D eigenvalue weighted by atomic mass is 16.5. The monoisotopic (exact) mass is 544 g/mol. The summed E-state index contributed by atoms with van der Waals surface area (Å²) in [4.78, 5) is 24.5. The molecule has 9 heteroatoms. The Morgan fingerprint density at radius 2 is 1.98 bits per heavy atom. The molecule has 2 aliphatic rings. The summed E-state index contributed by atoms with van der Waals surface area (Å²) >= 11 is 0. The average Bonchev–Trinajstić information content (AvgIpc) is 3.45. The summed E-state index contributed by atoms with van der Waals surface area (Å²) in [5.41, 5.74) is 4.95. The number of rotatable bonds is 10. The van der Waals surface area contributed by atoms with Crippen molar-refractivity contribution in [2.45, 2.75) is 46.5 Å². The standard InChI is InChI=1S/C31H40N6O3/c1-6-27(40-29-20-22(3)33-30(36-29)32-15-18-37-16-9-10-17-37)25-12-8-7-11-24(25)23(4)34-31(38)35-26-19-21(2)13-14-28(26)39-5/h6-7,11,13-14,19-20H,1,8-10,12,15-18H2,2-5H3,(H,32,33,36)(H2,34,35,38)/b24-23+,27-25+. The second kappa shape index (κ2) is 13.8. The van der Waals surface area contributed by atoms with E-state index in [0.717, 1.165) is 61.4 Å². The van der Waals surface area contributed by atoms with Crippen LogP contribution in [0.25, 0.3) is 0 Å². The highest BCUT2D eigenvalue weighted by Gasteiger charge is 2.18. The minimum Gasteiger partial charge on any atom is -0.495 e. The molecule has 1 aromatic heterocycles. The molecule has 1 fully saturated rings. The molecule has 0 bridgehead atoms. The van der Waals surface area contributed by atoms with Gasteiger partial charge in [0.2, 0.25) is 11.8 Å². The van der Waals surface area contributed by atoms with Crippen LogP contribution in [-0.4, -0.2) is 54.2 Å². The molecule has 0 saturated carbocycles. The van der Waals surface area contributed by atoms with E-state index in [1.807, 2.05) is 51.1 Å². The summed E-state index contributed by atoms with van der Waals surface area (Å²) in [5, 5.41) is 9.19. The number of carbonyl (C=O) groups excluding carboxylic acids is 1. The van der Waals surface area contributed by atoms with Crippen molar-refractivity contribution in [1.29, 1.82) is 0 Å². The fraction of sp³-hybridized carbons (Fsp3) is 0.387. The molecule has 0 atom stereocenters. The zero-order valence-corrected chi connectivity index (χ0v) is 24.0. The topological polar surface area (TPSA) is 101 Å². The fourth-order valence-electron chi connectivity index (χ4n) is 4.92. The van der Waals surface area contributed by atoms with Crippen molar-refractivity contribution < 1.29 is 14.3 Å². The van der Waals surface area contributed by atoms with Crippen LogP contribution >= 0.6 is 0 Å². The number of hydrogen-bond donors (Lipinski definition) is 3.